The van der Waals surface area contributed by atoms with E-state index < -0.39 is 28.0 Å². The summed E-state index contributed by atoms with van der Waals surface area (Å²) < 4.78 is 66.3. The number of hydrogen-bond acceptors (Lipinski definition) is 4. The molecule has 2 rings (SSSR count). The highest BCUT2D eigenvalue weighted by molar-refractivity contribution is 7.89. The summed E-state index contributed by atoms with van der Waals surface area (Å²) in [6.45, 7) is 5.02. The van der Waals surface area contributed by atoms with Crippen molar-refractivity contribution in [2.45, 2.75) is 38.4 Å². The lowest BCUT2D eigenvalue weighted by molar-refractivity contribution is -0.185. The van der Waals surface area contributed by atoms with Gasteiger partial charge in [-0.1, -0.05) is 26.0 Å². The summed E-state index contributed by atoms with van der Waals surface area (Å²) in [5, 5.41) is 2.62. The number of aryl methyl sites for hydroxylation is 1. The standard InChI is InChI=1S/C21H27F3N4O4S/c1-5-27(20(30)21(22,23)24)13-15-9-8-10-16(11-15)25-19(29)18-12-17(14-26(18)4)33(31,32)28(6-2)7-3/h8-12,14H,5-7,13H2,1-4H3,(H,25,29). The number of benzene rings is 1. The molecular weight excluding hydrogens is 461 g/mol. The van der Waals surface area contributed by atoms with E-state index in [1.807, 2.05) is 0 Å². The van der Waals surface area contributed by atoms with Gasteiger partial charge in [0.15, 0.2) is 0 Å². The number of amides is 2. The zero-order valence-corrected chi connectivity index (χ0v) is 19.6. The van der Waals surface area contributed by atoms with Crippen molar-refractivity contribution in [3.8, 4) is 0 Å². The highest BCUT2D eigenvalue weighted by Gasteiger charge is 2.41. The number of hydrogen-bond donors (Lipinski definition) is 1. The molecule has 2 aromatic rings. The Labute approximate surface area is 191 Å². The average Bonchev–Trinajstić information content (AvgIpc) is 3.14. The fraction of sp³-hybridized carbons (Fsp3) is 0.429. The third-order valence-corrected chi connectivity index (χ3v) is 7.04. The molecular formula is C21H27F3N4O4S. The lowest BCUT2D eigenvalue weighted by atomic mass is 10.2. The van der Waals surface area contributed by atoms with Crippen LogP contribution >= 0.6 is 0 Å². The lowest BCUT2D eigenvalue weighted by Gasteiger charge is -2.22. The van der Waals surface area contributed by atoms with Crippen molar-refractivity contribution >= 4 is 27.5 Å². The summed E-state index contributed by atoms with van der Waals surface area (Å²) >= 11 is 0. The molecule has 0 saturated heterocycles. The molecule has 0 radical (unpaired) electrons. The van der Waals surface area contributed by atoms with Gasteiger partial charge in [0.25, 0.3) is 5.91 Å². The molecule has 0 saturated carbocycles. The Morgan fingerprint density at radius 3 is 2.24 bits per heavy atom. The lowest BCUT2D eigenvalue weighted by Crippen LogP contribution is -2.40. The number of anilines is 1. The van der Waals surface area contributed by atoms with Crippen LogP contribution in [0.25, 0.3) is 0 Å². The molecule has 0 unspecified atom stereocenters. The van der Waals surface area contributed by atoms with Crippen molar-refractivity contribution in [2.24, 2.45) is 7.05 Å². The minimum Gasteiger partial charge on any atom is -0.345 e. The van der Waals surface area contributed by atoms with E-state index in [9.17, 15) is 31.2 Å². The van der Waals surface area contributed by atoms with Crippen LogP contribution in [0.4, 0.5) is 18.9 Å². The Bertz CT molecular complexity index is 1110. The van der Waals surface area contributed by atoms with Crippen molar-refractivity contribution in [1.82, 2.24) is 13.8 Å². The monoisotopic (exact) mass is 488 g/mol. The largest absolute Gasteiger partial charge is 0.471 e. The van der Waals surface area contributed by atoms with Crippen LogP contribution in [-0.4, -0.2) is 59.8 Å². The van der Waals surface area contributed by atoms with E-state index in [1.54, 1.807) is 26.0 Å². The van der Waals surface area contributed by atoms with Gasteiger partial charge in [-0.15, -0.1) is 0 Å². The Balaban J connectivity index is 2.22. The summed E-state index contributed by atoms with van der Waals surface area (Å²) in [6, 6.07) is 7.35. The highest BCUT2D eigenvalue weighted by atomic mass is 32.2. The van der Waals surface area contributed by atoms with Crippen LogP contribution in [0.2, 0.25) is 0 Å². The molecule has 0 aliphatic rings. The third-order valence-electron chi connectivity index (χ3n) is 5.03. The maximum atomic E-state index is 12.8. The number of rotatable bonds is 9. The number of aromatic nitrogens is 1. The van der Waals surface area contributed by atoms with E-state index in [-0.39, 0.29) is 36.8 Å². The van der Waals surface area contributed by atoms with Crippen LogP contribution in [0.3, 0.4) is 0 Å². The summed E-state index contributed by atoms with van der Waals surface area (Å²) in [5.74, 6) is -2.53. The van der Waals surface area contributed by atoms with Crippen molar-refractivity contribution in [3.63, 3.8) is 0 Å². The second-order valence-electron chi connectivity index (χ2n) is 7.23. The Kier molecular flexibility index (Phi) is 8.30. The molecule has 1 aromatic heterocycles. The molecule has 0 bridgehead atoms. The van der Waals surface area contributed by atoms with Crippen molar-refractivity contribution in [1.29, 1.82) is 0 Å². The first-order valence-electron chi connectivity index (χ1n) is 10.3. The molecule has 0 aliphatic carbocycles. The molecule has 182 valence electrons. The third kappa shape index (κ3) is 6.14. The zero-order chi connectivity index (χ0) is 25.0. The minimum absolute atomic E-state index is 0.0168. The van der Waals surface area contributed by atoms with Crippen LogP contribution in [-0.2, 0) is 28.4 Å². The van der Waals surface area contributed by atoms with E-state index in [4.69, 9.17) is 0 Å². The number of carbonyl (C=O) groups excluding carboxylic acids is 2. The minimum atomic E-state index is -4.97. The molecule has 33 heavy (non-hydrogen) atoms. The molecule has 2 amide bonds. The summed E-state index contributed by atoms with van der Waals surface area (Å²) in [4.78, 5) is 24.9. The smallest absolute Gasteiger partial charge is 0.345 e. The van der Waals surface area contributed by atoms with Crippen LogP contribution < -0.4 is 5.32 Å². The van der Waals surface area contributed by atoms with E-state index in [0.29, 0.717) is 16.2 Å². The number of nitrogens with zero attached hydrogens (tertiary/aromatic N) is 3. The van der Waals surface area contributed by atoms with Crippen LogP contribution in [0.15, 0.2) is 41.4 Å². The predicted molar refractivity (Wildman–Crippen MR) is 117 cm³/mol. The number of nitrogens with one attached hydrogen (secondary N) is 1. The molecule has 1 N–H and O–H groups in total. The molecule has 0 spiro atoms. The van der Waals surface area contributed by atoms with Gasteiger partial charge in [0.1, 0.15) is 10.6 Å². The number of carbonyl (C=O) groups is 2. The maximum Gasteiger partial charge on any atom is 0.471 e. The SMILES string of the molecule is CCN(Cc1cccc(NC(=O)c2cc(S(=O)(=O)N(CC)CC)cn2C)c1)C(=O)C(F)(F)F. The van der Waals surface area contributed by atoms with E-state index in [1.165, 1.54) is 47.2 Å². The first kappa shape index (κ1) is 26.4. The van der Waals surface area contributed by atoms with Crippen LogP contribution in [0.1, 0.15) is 36.8 Å². The highest BCUT2D eigenvalue weighted by Crippen LogP contribution is 2.22. The van der Waals surface area contributed by atoms with E-state index in [0.717, 1.165) is 0 Å². The normalized spacial score (nSPS) is 12.1. The Morgan fingerprint density at radius 2 is 1.70 bits per heavy atom. The Morgan fingerprint density at radius 1 is 1.06 bits per heavy atom. The van der Waals surface area contributed by atoms with Gasteiger partial charge in [0.2, 0.25) is 10.0 Å². The fourth-order valence-electron chi connectivity index (χ4n) is 3.28. The van der Waals surface area contributed by atoms with Gasteiger partial charge in [-0.25, -0.2) is 8.42 Å². The predicted octanol–water partition coefficient (Wildman–Crippen LogP) is 3.22. The second-order valence-corrected chi connectivity index (χ2v) is 9.17. The molecule has 0 aliphatic heterocycles. The Hall–Kier alpha value is -2.86. The van der Waals surface area contributed by atoms with Gasteiger partial charge < -0.3 is 14.8 Å². The topological polar surface area (TPSA) is 91.7 Å². The summed E-state index contributed by atoms with van der Waals surface area (Å²) in [6.07, 6.45) is -3.63. The molecule has 0 atom stereocenters. The van der Waals surface area contributed by atoms with E-state index in [2.05, 4.69) is 5.32 Å². The molecule has 8 nitrogen and oxygen atoms in total. The molecule has 12 heteroatoms. The quantitative estimate of drug-likeness (QED) is 0.587. The van der Waals surface area contributed by atoms with E-state index >= 15 is 0 Å². The average molecular weight is 489 g/mol. The maximum absolute atomic E-state index is 12.8. The first-order chi connectivity index (χ1) is 15.3. The second kappa shape index (κ2) is 10.4. The summed E-state index contributed by atoms with van der Waals surface area (Å²) in [7, 11) is -2.21. The number of halogens is 3. The molecule has 1 heterocycles. The van der Waals surface area contributed by atoms with Gasteiger partial charge in [-0.2, -0.15) is 17.5 Å². The van der Waals surface area contributed by atoms with Gasteiger partial charge >= 0.3 is 12.1 Å². The van der Waals surface area contributed by atoms with Crippen molar-refractivity contribution < 1.29 is 31.2 Å². The van der Waals surface area contributed by atoms with Crippen molar-refractivity contribution in [3.05, 3.63) is 47.8 Å². The summed E-state index contributed by atoms with van der Waals surface area (Å²) in [5.41, 5.74) is 0.778. The first-order valence-corrected chi connectivity index (χ1v) is 11.7. The fourth-order valence-corrected chi connectivity index (χ4v) is 4.81. The van der Waals surface area contributed by atoms with Crippen LogP contribution in [0.5, 0.6) is 0 Å². The zero-order valence-electron chi connectivity index (χ0n) is 18.8. The van der Waals surface area contributed by atoms with Crippen LogP contribution in [0, 0.1) is 0 Å². The number of sulfonamides is 1. The van der Waals surface area contributed by atoms with Gasteiger partial charge in [-0.3, -0.25) is 9.59 Å². The number of alkyl halides is 3. The van der Waals surface area contributed by atoms with Gasteiger partial charge in [-0.05, 0) is 30.7 Å². The van der Waals surface area contributed by atoms with Gasteiger partial charge in [0, 0.05) is 45.1 Å². The molecule has 0 fully saturated rings. The molecule has 1 aromatic carbocycles. The van der Waals surface area contributed by atoms with Crippen molar-refractivity contribution in [2.75, 3.05) is 25.0 Å². The van der Waals surface area contributed by atoms with Gasteiger partial charge in [0.05, 0.1) is 0 Å².